The van der Waals surface area contributed by atoms with Crippen LogP contribution in [-0.4, -0.2) is 41.8 Å². The molecule has 4 rings (SSSR count). The Morgan fingerprint density at radius 3 is 2.34 bits per heavy atom. The molecule has 3 amide bonds. The molecule has 2 atom stereocenters. The molecule has 3 aliphatic rings. The summed E-state index contributed by atoms with van der Waals surface area (Å²) in [7, 11) is 1.59. The smallest absolute Gasteiger partial charge is 0.247 e. The number of carbonyl (C=O) groups is 3. The monoisotopic (exact) mass is 396 g/mol. The van der Waals surface area contributed by atoms with Crippen molar-refractivity contribution in [2.24, 2.45) is 11.8 Å². The summed E-state index contributed by atoms with van der Waals surface area (Å²) in [5.74, 6) is -0.443. The van der Waals surface area contributed by atoms with E-state index in [2.05, 4.69) is 0 Å². The number of nitrogens with zero attached hydrogens (tertiary/aromatic N) is 2. The first-order valence-corrected chi connectivity index (χ1v) is 10.3. The Morgan fingerprint density at radius 2 is 1.76 bits per heavy atom. The van der Waals surface area contributed by atoms with Gasteiger partial charge in [-0.15, -0.1) is 0 Å². The van der Waals surface area contributed by atoms with Crippen LogP contribution < -0.4 is 9.64 Å². The summed E-state index contributed by atoms with van der Waals surface area (Å²) >= 11 is 0. The predicted molar refractivity (Wildman–Crippen MR) is 110 cm³/mol. The van der Waals surface area contributed by atoms with Crippen LogP contribution in [0.3, 0.4) is 0 Å². The normalized spacial score (nSPS) is 25.4. The maximum absolute atomic E-state index is 13.4. The number of imide groups is 1. The van der Waals surface area contributed by atoms with Crippen molar-refractivity contribution in [1.82, 2.24) is 4.90 Å². The number of ether oxygens (including phenoxy) is 1. The van der Waals surface area contributed by atoms with E-state index < -0.39 is 5.54 Å². The second-order valence-electron chi connectivity index (χ2n) is 8.85. The van der Waals surface area contributed by atoms with Crippen LogP contribution in [0.1, 0.15) is 52.0 Å². The maximum Gasteiger partial charge on any atom is 0.247 e. The standard InChI is InChI=1S/C23H28N2O4/c1-14-12-23(2,3)25(19-11-15(29-4)9-10-16(14)19)20(26)13-24-21(27)17-7-5-6-8-18(17)22(24)28/h9-12,17-18H,5-8,13H2,1-4H3/t17-,18+. The molecule has 0 aromatic heterocycles. The third kappa shape index (κ3) is 3.15. The fourth-order valence-corrected chi connectivity index (χ4v) is 5.19. The quantitative estimate of drug-likeness (QED) is 0.735. The van der Waals surface area contributed by atoms with Crippen molar-refractivity contribution in [2.75, 3.05) is 18.6 Å². The first-order chi connectivity index (χ1) is 13.7. The van der Waals surface area contributed by atoms with E-state index in [1.165, 1.54) is 4.90 Å². The van der Waals surface area contributed by atoms with Crippen molar-refractivity contribution in [3.63, 3.8) is 0 Å². The third-order valence-electron chi connectivity index (χ3n) is 6.49. The van der Waals surface area contributed by atoms with E-state index in [-0.39, 0.29) is 36.1 Å². The number of amides is 3. The van der Waals surface area contributed by atoms with Crippen LogP contribution in [0.4, 0.5) is 5.69 Å². The van der Waals surface area contributed by atoms with Gasteiger partial charge in [0.15, 0.2) is 0 Å². The molecule has 1 saturated carbocycles. The fourth-order valence-electron chi connectivity index (χ4n) is 5.19. The van der Waals surface area contributed by atoms with E-state index in [1.54, 1.807) is 12.0 Å². The van der Waals surface area contributed by atoms with E-state index in [4.69, 9.17) is 4.74 Å². The van der Waals surface area contributed by atoms with Gasteiger partial charge in [-0.2, -0.15) is 0 Å². The lowest BCUT2D eigenvalue weighted by atomic mass is 9.81. The van der Waals surface area contributed by atoms with Gasteiger partial charge >= 0.3 is 0 Å². The lowest BCUT2D eigenvalue weighted by molar-refractivity contribution is -0.143. The van der Waals surface area contributed by atoms with Crippen LogP contribution in [0.5, 0.6) is 5.75 Å². The first-order valence-electron chi connectivity index (χ1n) is 10.3. The Balaban J connectivity index is 1.66. The molecule has 0 spiro atoms. The minimum absolute atomic E-state index is 0.180. The summed E-state index contributed by atoms with van der Waals surface area (Å²) in [5.41, 5.74) is 2.19. The number of rotatable bonds is 3. The molecule has 0 N–H and O–H groups in total. The van der Waals surface area contributed by atoms with Crippen LogP contribution in [0.2, 0.25) is 0 Å². The Kier molecular flexibility index (Phi) is 4.75. The molecule has 0 radical (unpaired) electrons. The molecule has 29 heavy (non-hydrogen) atoms. The first kappa shape index (κ1) is 19.7. The molecular formula is C23H28N2O4. The van der Waals surface area contributed by atoms with E-state index in [9.17, 15) is 14.4 Å². The van der Waals surface area contributed by atoms with Gasteiger partial charge in [-0.05, 0) is 51.3 Å². The van der Waals surface area contributed by atoms with Crippen LogP contribution in [-0.2, 0) is 14.4 Å². The molecular weight excluding hydrogens is 368 g/mol. The van der Waals surface area contributed by atoms with E-state index in [0.717, 1.165) is 42.5 Å². The van der Waals surface area contributed by atoms with Gasteiger partial charge in [0.05, 0.1) is 30.2 Å². The molecule has 1 aromatic rings. The van der Waals surface area contributed by atoms with Gasteiger partial charge in [0, 0.05) is 11.6 Å². The Bertz CT molecular complexity index is 893. The average Bonchev–Trinajstić information content (AvgIpc) is 2.92. The van der Waals surface area contributed by atoms with E-state index in [1.807, 2.05) is 45.0 Å². The SMILES string of the molecule is COc1ccc2c(c1)N(C(=O)CN1C(=O)[C@H]3CCCC[C@H]3C1=O)C(C)(C)C=C2C. The van der Waals surface area contributed by atoms with Crippen molar-refractivity contribution in [1.29, 1.82) is 0 Å². The molecule has 2 heterocycles. The third-order valence-corrected chi connectivity index (χ3v) is 6.49. The van der Waals surface area contributed by atoms with Crippen molar-refractivity contribution < 1.29 is 19.1 Å². The Labute approximate surface area is 171 Å². The molecule has 154 valence electrons. The fraction of sp³-hybridized carbons (Fsp3) is 0.522. The van der Waals surface area contributed by atoms with Gasteiger partial charge in [0.25, 0.3) is 0 Å². The van der Waals surface area contributed by atoms with Gasteiger partial charge in [-0.25, -0.2) is 0 Å². The number of likely N-dealkylation sites (tertiary alicyclic amines) is 1. The van der Waals surface area contributed by atoms with Crippen LogP contribution >= 0.6 is 0 Å². The zero-order chi connectivity index (χ0) is 20.9. The predicted octanol–water partition coefficient (Wildman–Crippen LogP) is 3.40. The Hall–Kier alpha value is -2.63. The summed E-state index contributed by atoms with van der Waals surface area (Å²) < 4.78 is 5.37. The number of hydrogen-bond donors (Lipinski definition) is 0. The minimum Gasteiger partial charge on any atom is -0.497 e. The summed E-state index contributed by atoms with van der Waals surface area (Å²) in [6.07, 6.45) is 5.48. The number of allylic oxidation sites excluding steroid dienone is 1. The summed E-state index contributed by atoms with van der Waals surface area (Å²) in [6.45, 7) is 5.74. The molecule has 6 nitrogen and oxygen atoms in total. The lowest BCUT2D eigenvalue weighted by Gasteiger charge is -2.42. The van der Waals surface area contributed by atoms with Gasteiger partial charge in [-0.1, -0.05) is 18.9 Å². The number of hydrogen-bond acceptors (Lipinski definition) is 4. The highest BCUT2D eigenvalue weighted by Gasteiger charge is 2.49. The largest absolute Gasteiger partial charge is 0.497 e. The maximum atomic E-state index is 13.4. The molecule has 1 aromatic carbocycles. The van der Waals surface area contributed by atoms with Crippen LogP contribution in [0.15, 0.2) is 24.3 Å². The van der Waals surface area contributed by atoms with E-state index >= 15 is 0 Å². The number of fused-ring (bicyclic) bond motifs is 2. The number of carbonyl (C=O) groups excluding carboxylic acids is 3. The van der Waals surface area contributed by atoms with Crippen molar-refractivity contribution >= 4 is 29.0 Å². The number of benzene rings is 1. The van der Waals surface area contributed by atoms with Crippen LogP contribution in [0.25, 0.3) is 5.57 Å². The van der Waals surface area contributed by atoms with Crippen molar-refractivity contribution in [2.45, 2.75) is 52.0 Å². The van der Waals surface area contributed by atoms with E-state index in [0.29, 0.717) is 5.75 Å². The molecule has 0 bridgehead atoms. The number of methoxy groups -OCH3 is 1. The zero-order valence-electron chi connectivity index (χ0n) is 17.5. The minimum atomic E-state index is -0.584. The molecule has 1 aliphatic carbocycles. The van der Waals surface area contributed by atoms with Gasteiger partial charge in [0.2, 0.25) is 17.7 Å². The topological polar surface area (TPSA) is 66.9 Å². The second kappa shape index (κ2) is 7.01. The molecule has 1 saturated heterocycles. The van der Waals surface area contributed by atoms with Gasteiger partial charge in [0.1, 0.15) is 12.3 Å². The average molecular weight is 396 g/mol. The van der Waals surface area contributed by atoms with Crippen LogP contribution in [0, 0.1) is 11.8 Å². The van der Waals surface area contributed by atoms with Crippen molar-refractivity contribution in [3.05, 3.63) is 29.8 Å². The lowest BCUT2D eigenvalue weighted by Crippen LogP contribution is -2.53. The second-order valence-corrected chi connectivity index (χ2v) is 8.85. The van der Waals surface area contributed by atoms with Crippen molar-refractivity contribution in [3.8, 4) is 5.75 Å². The van der Waals surface area contributed by atoms with Gasteiger partial charge < -0.3 is 9.64 Å². The highest BCUT2D eigenvalue weighted by Crippen LogP contribution is 2.42. The molecule has 6 heteroatoms. The zero-order valence-corrected chi connectivity index (χ0v) is 17.5. The van der Waals surface area contributed by atoms with Gasteiger partial charge in [-0.3, -0.25) is 19.3 Å². The molecule has 2 fully saturated rings. The number of anilines is 1. The Morgan fingerprint density at radius 1 is 1.14 bits per heavy atom. The highest BCUT2D eigenvalue weighted by atomic mass is 16.5. The summed E-state index contributed by atoms with van der Waals surface area (Å²) in [4.78, 5) is 42.0. The summed E-state index contributed by atoms with van der Waals surface area (Å²) in [5, 5.41) is 0. The molecule has 0 unspecified atom stereocenters. The summed E-state index contributed by atoms with van der Waals surface area (Å²) in [6, 6.07) is 5.66. The highest BCUT2D eigenvalue weighted by molar-refractivity contribution is 6.10. The molecule has 2 aliphatic heterocycles.